The van der Waals surface area contributed by atoms with E-state index in [2.05, 4.69) is 18.9 Å². The van der Waals surface area contributed by atoms with Crippen LogP contribution in [0.5, 0.6) is 5.88 Å². The van der Waals surface area contributed by atoms with Crippen LogP contribution in [-0.4, -0.2) is 27.5 Å². The molecule has 0 aromatic carbocycles. The van der Waals surface area contributed by atoms with Crippen LogP contribution in [0.25, 0.3) is 0 Å². The third kappa shape index (κ3) is 3.08. The predicted molar refractivity (Wildman–Crippen MR) is 50.2 cm³/mol. The maximum absolute atomic E-state index is 10.3. The molecule has 14 heavy (non-hydrogen) atoms. The fourth-order valence-corrected chi connectivity index (χ4v) is 1.06. The molecular weight excluding hydrogens is 184 g/mol. The number of ether oxygens (including phenoxy) is 1. The molecule has 0 aliphatic carbocycles. The van der Waals surface area contributed by atoms with Crippen LogP contribution < -0.4 is 4.74 Å². The Labute approximate surface area is 82.3 Å². The van der Waals surface area contributed by atoms with E-state index in [1.807, 2.05) is 0 Å². The third-order valence-corrected chi connectivity index (χ3v) is 1.56. The molecule has 1 heterocycles. The van der Waals surface area contributed by atoms with Crippen LogP contribution >= 0.6 is 0 Å². The van der Waals surface area contributed by atoms with E-state index in [9.17, 15) is 4.79 Å². The van der Waals surface area contributed by atoms with Crippen molar-refractivity contribution in [2.45, 2.75) is 20.4 Å². The Kier molecular flexibility index (Phi) is 3.50. The Morgan fingerprint density at radius 1 is 1.71 bits per heavy atom. The van der Waals surface area contributed by atoms with Crippen molar-refractivity contribution in [1.82, 2.24) is 9.78 Å². The summed E-state index contributed by atoms with van der Waals surface area (Å²) >= 11 is 0. The average molecular weight is 198 g/mol. The highest BCUT2D eigenvalue weighted by Crippen LogP contribution is 2.11. The first kappa shape index (κ1) is 10.6. The highest BCUT2D eigenvalue weighted by molar-refractivity contribution is 5.68. The van der Waals surface area contributed by atoms with Gasteiger partial charge in [0.05, 0.1) is 6.20 Å². The first-order chi connectivity index (χ1) is 6.59. The van der Waals surface area contributed by atoms with E-state index in [0.29, 0.717) is 11.8 Å². The summed E-state index contributed by atoms with van der Waals surface area (Å²) in [6, 6.07) is 1.66. The summed E-state index contributed by atoms with van der Waals surface area (Å²) in [5, 5.41) is 12.5. The summed E-state index contributed by atoms with van der Waals surface area (Å²) in [5.41, 5.74) is 0. The number of carboxylic acid groups (broad SMARTS) is 1. The highest BCUT2D eigenvalue weighted by Gasteiger charge is 2.06. The molecule has 0 atom stereocenters. The Balaban J connectivity index is 2.58. The summed E-state index contributed by atoms with van der Waals surface area (Å²) in [6.07, 6.45) is 1.60. The van der Waals surface area contributed by atoms with Crippen LogP contribution in [0.1, 0.15) is 13.8 Å². The number of rotatable bonds is 5. The van der Waals surface area contributed by atoms with Gasteiger partial charge in [-0.15, -0.1) is 0 Å². The third-order valence-electron chi connectivity index (χ3n) is 1.56. The molecule has 0 aliphatic heterocycles. The van der Waals surface area contributed by atoms with Crippen molar-refractivity contribution in [3.8, 4) is 5.88 Å². The lowest BCUT2D eigenvalue weighted by Gasteiger charge is -2.09. The van der Waals surface area contributed by atoms with Crippen LogP contribution in [0, 0.1) is 5.92 Å². The van der Waals surface area contributed by atoms with Gasteiger partial charge in [0.2, 0.25) is 5.88 Å². The van der Waals surface area contributed by atoms with Crippen molar-refractivity contribution in [3.05, 3.63) is 12.3 Å². The molecule has 1 aromatic heterocycles. The molecule has 0 unspecified atom stereocenters. The van der Waals surface area contributed by atoms with Gasteiger partial charge in [0, 0.05) is 12.6 Å². The molecule has 0 bridgehead atoms. The van der Waals surface area contributed by atoms with E-state index in [1.54, 1.807) is 16.9 Å². The topological polar surface area (TPSA) is 64.4 Å². The maximum Gasteiger partial charge on any atom is 0.341 e. The lowest BCUT2D eigenvalue weighted by molar-refractivity contribution is -0.139. The quantitative estimate of drug-likeness (QED) is 0.766. The van der Waals surface area contributed by atoms with Crippen LogP contribution in [0.15, 0.2) is 12.3 Å². The van der Waals surface area contributed by atoms with E-state index in [0.717, 1.165) is 6.54 Å². The van der Waals surface area contributed by atoms with Crippen molar-refractivity contribution in [3.63, 3.8) is 0 Å². The number of aliphatic carboxylic acids is 1. The van der Waals surface area contributed by atoms with Crippen LogP contribution in [-0.2, 0) is 11.3 Å². The minimum atomic E-state index is -0.984. The SMILES string of the molecule is CC(C)Cn1nccc1OCC(=O)O. The number of carboxylic acids is 1. The number of aromatic nitrogens is 2. The summed E-state index contributed by atoms with van der Waals surface area (Å²) in [6.45, 7) is 4.51. The zero-order valence-electron chi connectivity index (χ0n) is 8.30. The molecule has 0 spiro atoms. The van der Waals surface area contributed by atoms with Crippen molar-refractivity contribution < 1.29 is 14.6 Å². The molecule has 1 N–H and O–H groups in total. The monoisotopic (exact) mass is 198 g/mol. The van der Waals surface area contributed by atoms with Gasteiger partial charge in [-0.3, -0.25) is 0 Å². The van der Waals surface area contributed by atoms with Gasteiger partial charge in [-0.1, -0.05) is 13.8 Å². The van der Waals surface area contributed by atoms with Crippen molar-refractivity contribution in [2.24, 2.45) is 5.92 Å². The normalized spacial score (nSPS) is 10.5. The summed E-state index contributed by atoms with van der Waals surface area (Å²) < 4.78 is 6.70. The number of hydrogen-bond donors (Lipinski definition) is 1. The van der Waals surface area contributed by atoms with E-state index >= 15 is 0 Å². The first-order valence-corrected chi connectivity index (χ1v) is 4.46. The smallest absolute Gasteiger partial charge is 0.341 e. The van der Waals surface area contributed by atoms with Gasteiger partial charge in [0.15, 0.2) is 6.61 Å². The number of nitrogens with zero attached hydrogens (tertiary/aromatic N) is 2. The lowest BCUT2D eigenvalue weighted by atomic mass is 10.2. The number of carbonyl (C=O) groups is 1. The van der Waals surface area contributed by atoms with Gasteiger partial charge >= 0.3 is 5.97 Å². The molecule has 0 radical (unpaired) electrons. The molecule has 0 saturated carbocycles. The Hall–Kier alpha value is -1.52. The molecule has 5 nitrogen and oxygen atoms in total. The van der Waals surface area contributed by atoms with Crippen molar-refractivity contribution in [1.29, 1.82) is 0 Å². The van der Waals surface area contributed by atoms with Gasteiger partial charge in [-0.05, 0) is 5.92 Å². The molecule has 5 heteroatoms. The molecule has 0 aliphatic rings. The Morgan fingerprint density at radius 3 is 3.00 bits per heavy atom. The second kappa shape index (κ2) is 4.64. The van der Waals surface area contributed by atoms with Gasteiger partial charge < -0.3 is 9.84 Å². The summed E-state index contributed by atoms with van der Waals surface area (Å²) in [7, 11) is 0. The summed E-state index contributed by atoms with van der Waals surface area (Å²) in [4.78, 5) is 10.3. The molecule has 0 saturated heterocycles. The minimum absolute atomic E-state index is 0.330. The highest BCUT2D eigenvalue weighted by atomic mass is 16.5. The minimum Gasteiger partial charge on any atom is -0.479 e. The van der Waals surface area contributed by atoms with Crippen LogP contribution in [0.2, 0.25) is 0 Å². The van der Waals surface area contributed by atoms with Gasteiger partial charge in [0.25, 0.3) is 0 Å². The van der Waals surface area contributed by atoms with Crippen molar-refractivity contribution >= 4 is 5.97 Å². The number of hydrogen-bond acceptors (Lipinski definition) is 3. The Bertz CT molecular complexity index is 307. The van der Waals surface area contributed by atoms with E-state index in [4.69, 9.17) is 9.84 Å². The second-order valence-corrected chi connectivity index (χ2v) is 3.43. The van der Waals surface area contributed by atoms with Crippen LogP contribution in [0.3, 0.4) is 0 Å². The fraction of sp³-hybridized carbons (Fsp3) is 0.556. The predicted octanol–water partition coefficient (Wildman–Crippen LogP) is 1.00. The van der Waals surface area contributed by atoms with E-state index in [-0.39, 0.29) is 6.61 Å². The fourth-order valence-electron chi connectivity index (χ4n) is 1.06. The Morgan fingerprint density at radius 2 is 2.43 bits per heavy atom. The molecule has 1 aromatic rings. The van der Waals surface area contributed by atoms with Gasteiger partial charge in [-0.25, -0.2) is 9.48 Å². The zero-order valence-corrected chi connectivity index (χ0v) is 8.30. The molecule has 1 rings (SSSR count). The average Bonchev–Trinajstić information content (AvgIpc) is 2.47. The maximum atomic E-state index is 10.3. The van der Waals surface area contributed by atoms with Crippen molar-refractivity contribution in [2.75, 3.05) is 6.61 Å². The van der Waals surface area contributed by atoms with Gasteiger partial charge in [-0.2, -0.15) is 5.10 Å². The molecular formula is C9H14N2O3. The molecule has 0 amide bonds. The van der Waals surface area contributed by atoms with E-state index < -0.39 is 5.97 Å². The zero-order chi connectivity index (χ0) is 10.6. The second-order valence-electron chi connectivity index (χ2n) is 3.43. The largest absolute Gasteiger partial charge is 0.479 e. The standard InChI is InChI=1S/C9H14N2O3/c1-7(2)5-11-8(3-4-10-11)14-6-9(12)13/h3-4,7H,5-6H2,1-2H3,(H,12,13). The molecule has 0 fully saturated rings. The lowest BCUT2D eigenvalue weighted by Crippen LogP contribution is -2.14. The first-order valence-electron chi connectivity index (χ1n) is 4.46. The summed E-state index contributed by atoms with van der Waals surface area (Å²) in [5.74, 6) is -0.0366. The van der Waals surface area contributed by atoms with Gasteiger partial charge in [0.1, 0.15) is 0 Å². The van der Waals surface area contributed by atoms with E-state index in [1.165, 1.54) is 0 Å². The molecule has 78 valence electrons. The van der Waals surface area contributed by atoms with Crippen LogP contribution in [0.4, 0.5) is 0 Å².